The maximum absolute atomic E-state index is 12.0. The van der Waals surface area contributed by atoms with Gasteiger partial charge in [0.05, 0.1) is 12.1 Å². The maximum atomic E-state index is 12.0. The highest BCUT2D eigenvalue weighted by atomic mass is 16.3. The number of furan rings is 1. The van der Waals surface area contributed by atoms with Crippen molar-refractivity contribution in [3.63, 3.8) is 0 Å². The Bertz CT molecular complexity index is 793. The van der Waals surface area contributed by atoms with Crippen LogP contribution in [0.3, 0.4) is 0 Å². The van der Waals surface area contributed by atoms with E-state index in [9.17, 15) is 14.4 Å². The second-order valence-corrected chi connectivity index (χ2v) is 5.68. The number of hydrogen-bond donors (Lipinski definition) is 2. The normalized spacial score (nSPS) is 10.2. The summed E-state index contributed by atoms with van der Waals surface area (Å²) < 4.78 is 5.30. The predicted octanol–water partition coefficient (Wildman–Crippen LogP) is 2.25. The van der Waals surface area contributed by atoms with E-state index in [-0.39, 0.29) is 24.3 Å². The second kappa shape index (κ2) is 7.65. The van der Waals surface area contributed by atoms with Gasteiger partial charge in [-0.05, 0) is 44.2 Å². The van der Waals surface area contributed by atoms with Crippen LogP contribution >= 0.6 is 0 Å². The molecule has 0 fully saturated rings. The predicted molar refractivity (Wildman–Crippen MR) is 94.7 cm³/mol. The maximum Gasteiger partial charge on any atom is 0.255 e. The average molecular weight is 343 g/mol. The van der Waals surface area contributed by atoms with E-state index in [4.69, 9.17) is 4.42 Å². The van der Waals surface area contributed by atoms with Gasteiger partial charge in [-0.3, -0.25) is 14.4 Å². The molecule has 1 aromatic carbocycles. The lowest BCUT2D eigenvalue weighted by atomic mass is 10.2. The molecule has 25 heavy (non-hydrogen) atoms. The number of aryl methyl sites for hydroxylation is 2. The van der Waals surface area contributed by atoms with Crippen molar-refractivity contribution in [1.82, 2.24) is 5.32 Å². The molecule has 0 radical (unpaired) electrons. The molecule has 0 saturated carbocycles. The summed E-state index contributed by atoms with van der Waals surface area (Å²) in [7, 11) is 1.67. The quantitative estimate of drug-likeness (QED) is 0.871. The van der Waals surface area contributed by atoms with E-state index in [1.54, 1.807) is 51.2 Å². The van der Waals surface area contributed by atoms with Crippen LogP contribution in [0.2, 0.25) is 0 Å². The SMILES string of the molecule is CC(=O)N(C)c1ccc(NC(=O)CNC(=O)c2cc(C)oc2C)cc1. The first kappa shape index (κ1) is 18.3. The van der Waals surface area contributed by atoms with E-state index in [2.05, 4.69) is 10.6 Å². The average Bonchev–Trinajstić information content (AvgIpc) is 2.91. The van der Waals surface area contributed by atoms with Crippen molar-refractivity contribution in [3.05, 3.63) is 47.4 Å². The van der Waals surface area contributed by atoms with Crippen LogP contribution in [0.1, 0.15) is 28.8 Å². The summed E-state index contributed by atoms with van der Waals surface area (Å²) in [6, 6.07) is 8.48. The van der Waals surface area contributed by atoms with E-state index in [0.717, 1.165) is 5.69 Å². The van der Waals surface area contributed by atoms with Crippen LogP contribution < -0.4 is 15.5 Å². The van der Waals surface area contributed by atoms with Crippen molar-refractivity contribution < 1.29 is 18.8 Å². The fourth-order valence-electron chi connectivity index (χ4n) is 2.27. The third-order valence-corrected chi connectivity index (χ3v) is 3.71. The number of hydrogen-bond acceptors (Lipinski definition) is 4. The Hall–Kier alpha value is -3.09. The Balaban J connectivity index is 1.89. The van der Waals surface area contributed by atoms with Gasteiger partial charge in [-0.25, -0.2) is 0 Å². The lowest BCUT2D eigenvalue weighted by Crippen LogP contribution is -2.33. The molecule has 0 unspecified atom stereocenters. The smallest absolute Gasteiger partial charge is 0.255 e. The van der Waals surface area contributed by atoms with Crippen molar-refractivity contribution in [1.29, 1.82) is 0 Å². The summed E-state index contributed by atoms with van der Waals surface area (Å²) in [5.41, 5.74) is 1.72. The number of amides is 3. The molecule has 1 aromatic heterocycles. The zero-order chi connectivity index (χ0) is 18.6. The molecule has 7 heteroatoms. The molecule has 3 amide bonds. The molecule has 0 saturated heterocycles. The molecule has 2 rings (SSSR count). The number of nitrogens with one attached hydrogen (secondary N) is 2. The third-order valence-electron chi connectivity index (χ3n) is 3.71. The molecular weight excluding hydrogens is 322 g/mol. The van der Waals surface area contributed by atoms with Crippen molar-refractivity contribution in [2.75, 3.05) is 23.8 Å². The minimum atomic E-state index is -0.358. The van der Waals surface area contributed by atoms with Crippen LogP contribution in [0.15, 0.2) is 34.7 Å². The fraction of sp³-hybridized carbons (Fsp3) is 0.278. The Morgan fingerprint density at radius 3 is 2.28 bits per heavy atom. The molecule has 0 aliphatic heterocycles. The highest BCUT2D eigenvalue weighted by Crippen LogP contribution is 2.17. The van der Waals surface area contributed by atoms with Crippen molar-refractivity contribution in [2.45, 2.75) is 20.8 Å². The van der Waals surface area contributed by atoms with Crippen LogP contribution in [0.4, 0.5) is 11.4 Å². The van der Waals surface area contributed by atoms with Crippen LogP contribution in [-0.4, -0.2) is 31.3 Å². The zero-order valence-electron chi connectivity index (χ0n) is 14.7. The lowest BCUT2D eigenvalue weighted by Gasteiger charge is -2.15. The van der Waals surface area contributed by atoms with Gasteiger partial charge in [0.2, 0.25) is 11.8 Å². The molecule has 0 atom stereocenters. The number of rotatable bonds is 5. The van der Waals surface area contributed by atoms with Crippen LogP contribution in [0.25, 0.3) is 0 Å². The Labute approximate surface area is 146 Å². The molecule has 0 spiro atoms. The standard InChI is InChI=1S/C18H21N3O4/c1-11-9-16(12(2)25-11)18(24)19-10-17(23)20-14-5-7-15(8-6-14)21(4)13(3)22/h5-9H,10H2,1-4H3,(H,19,24)(H,20,23). The second-order valence-electron chi connectivity index (χ2n) is 5.68. The molecule has 132 valence electrons. The number of benzene rings is 1. The number of anilines is 2. The Morgan fingerprint density at radius 2 is 1.76 bits per heavy atom. The third kappa shape index (κ3) is 4.69. The van der Waals surface area contributed by atoms with Gasteiger partial charge in [0.25, 0.3) is 5.91 Å². The first-order chi connectivity index (χ1) is 11.8. The molecular formula is C18H21N3O4. The van der Waals surface area contributed by atoms with Crippen LogP contribution in [0, 0.1) is 13.8 Å². The van der Waals surface area contributed by atoms with E-state index >= 15 is 0 Å². The first-order valence-electron chi connectivity index (χ1n) is 7.77. The molecule has 2 N–H and O–H groups in total. The van der Waals surface area contributed by atoms with E-state index < -0.39 is 0 Å². The summed E-state index contributed by atoms with van der Waals surface area (Å²) in [4.78, 5) is 36.8. The minimum Gasteiger partial charge on any atom is -0.466 e. The Kier molecular flexibility index (Phi) is 5.59. The van der Waals surface area contributed by atoms with Crippen molar-refractivity contribution >= 4 is 29.1 Å². The minimum absolute atomic E-state index is 0.0794. The van der Waals surface area contributed by atoms with Gasteiger partial charge in [0.1, 0.15) is 11.5 Å². The summed E-state index contributed by atoms with van der Waals surface area (Å²) >= 11 is 0. The fourth-order valence-corrected chi connectivity index (χ4v) is 2.27. The van der Waals surface area contributed by atoms with E-state index in [1.165, 1.54) is 11.8 Å². The molecule has 7 nitrogen and oxygen atoms in total. The molecule has 0 bridgehead atoms. The van der Waals surface area contributed by atoms with Gasteiger partial charge < -0.3 is 20.0 Å². The number of carbonyl (C=O) groups excluding carboxylic acids is 3. The zero-order valence-corrected chi connectivity index (χ0v) is 14.7. The first-order valence-corrected chi connectivity index (χ1v) is 7.77. The highest BCUT2D eigenvalue weighted by Gasteiger charge is 2.14. The van der Waals surface area contributed by atoms with Gasteiger partial charge in [-0.1, -0.05) is 0 Å². The molecule has 0 aliphatic rings. The molecule has 2 aromatic rings. The van der Waals surface area contributed by atoms with Gasteiger partial charge in [0, 0.05) is 25.3 Å². The number of nitrogens with zero attached hydrogens (tertiary/aromatic N) is 1. The van der Waals surface area contributed by atoms with Crippen molar-refractivity contribution in [2.24, 2.45) is 0 Å². The lowest BCUT2D eigenvalue weighted by molar-refractivity contribution is -0.116. The summed E-state index contributed by atoms with van der Waals surface area (Å²) in [5, 5.41) is 5.24. The van der Waals surface area contributed by atoms with Gasteiger partial charge in [0.15, 0.2) is 0 Å². The van der Waals surface area contributed by atoms with Gasteiger partial charge in [-0.2, -0.15) is 0 Å². The van der Waals surface area contributed by atoms with Crippen LogP contribution in [-0.2, 0) is 9.59 Å². The number of carbonyl (C=O) groups is 3. The van der Waals surface area contributed by atoms with Crippen LogP contribution in [0.5, 0.6) is 0 Å². The van der Waals surface area contributed by atoms with Gasteiger partial charge in [-0.15, -0.1) is 0 Å². The monoisotopic (exact) mass is 343 g/mol. The largest absolute Gasteiger partial charge is 0.466 e. The van der Waals surface area contributed by atoms with E-state index in [0.29, 0.717) is 22.8 Å². The van der Waals surface area contributed by atoms with Crippen molar-refractivity contribution in [3.8, 4) is 0 Å². The topological polar surface area (TPSA) is 91.7 Å². The van der Waals surface area contributed by atoms with Gasteiger partial charge >= 0.3 is 0 Å². The molecule has 0 aliphatic carbocycles. The molecule has 1 heterocycles. The summed E-state index contributed by atoms with van der Waals surface area (Å²) in [6.45, 7) is 4.77. The highest BCUT2D eigenvalue weighted by molar-refractivity contribution is 6.00. The van der Waals surface area contributed by atoms with E-state index in [1.807, 2.05) is 0 Å². The Morgan fingerprint density at radius 1 is 1.12 bits per heavy atom. The summed E-state index contributed by atoms with van der Waals surface area (Å²) in [6.07, 6.45) is 0. The summed E-state index contributed by atoms with van der Waals surface area (Å²) in [5.74, 6) is 0.370.